The van der Waals surface area contributed by atoms with E-state index in [1.54, 1.807) is 11.3 Å². The highest BCUT2D eigenvalue weighted by atomic mass is 32.1. The molecule has 3 nitrogen and oxygen atoms in total. The lowest BCUT2D eigenvalue weighted by Crippen LogP contribution is -2.22. The van der Waals surface area contributed by atoms with E-state index < -0.39 is 0 Å². The van der Waals surface area contributed by atoms with Gasteiger partial charge < -0.3 is 10.1 Å². The standard InChI is InChI=1S/C18H17NO2S2/c1-2-21-15-10-16(14-6-4-3-5-7-14)23-17(15)18(20)19-11-13-8-9-22-12-13/h3-10,12H,2,11H2,1H3,(H,19,20). The zero-order valence-corrected chi connectivity index (χ0v) is 14.4. The van der Waals surface area contributed by atoms with Gasteiger partial charge in [0.25, 0.3) is 5.91 Å². The number of benzene rings is 1. The first-order valence-electron chi connectivity index (χ1n) is 7.39. The lowest BCUT2D eigenvalue weighted by atomic mass is 10.2. The van der Waals surface area contributed by atoms with Gasteiger partial charge in [-0.2, -0.15) is 11.3 Å². The highest BCUT2D eigenvalue weighted by Gasteiger charge is 2.18. The molecule has 1 amide bonds. The molecule has 0 bridgehead atoms. The van der Waals surface area contributed by atoms with Crippen molar-refractivity contribution in [3.63, 3.8) is 0 Å². The molecular weight excluding hydrogens is 326 g/mol. The Morgan fingerprint density at radius 1 is 1.22 bits per heavy atom. The van der Waals surface area contributed by atoms with E-state index in [0.717, 1.165) is 16.0 Å². The number of hydrogen-bond donors (Lipinski definition) is 1. The Bertz CT molecular complexity index is 764. The van der Waals surface area contributed by atoms with Crippen molar-refractivity contribution >= 4 is 28.6 Å². The van der Waals surface area contributed by atoms with Gasteiger partial charge >= 0.3 is 0 Å². The van der Waals surface area contributed by atoms with E-state index in [0.29, 0.717) is 23.8 Å². The molecule has 3 aromatic rings. The van der Waals surface area contributed by atoms with Crippen LogP contribution in [-0.4, -0.2) is 12.5 Å². The molecule has 0 saturated heterocycles. The molecule has 0 fully saturated rings. The van der Waals surface area contributed by atoms with Crippen molar-refractivity contribution in [1.29, 1.82) is 0 Å². The largest absolute Gasteiger partial charge is 0.492 e. The molecule has 0 unspecified atom stereocenters. The van der Waals surface area contributed by atoms with Crippen molar-refractivity contribution in [1.82, 2.24) is 5.32 Å². The summed E-state index contributed by atoms with van der Waals surface area (Å²) in [5.74, 6) is 0.561. The SMILES string of the molecule is CCOc1cc(-c2ccccc2)sc1C(=O)NCc1ccsc1. The van der Waals surface area contributed by atoms with Crippen LogP contribution < -0.4 is 10.1 Å². The third-order valence-electron chi connectivity index (χ3n) is 3.30. The van der Waals surface area contributed by atoms with Crippen LogP contribution in [0.3, 0.4) is 0 Å². The van der Waals surface area contributed by atoms with Gasteiger partial charge in [-0.25, -0.2) is 0 Å². The quantitative estimate of drug-likeness (QED) is 0.698. The highest BCUT2D eigenvalue weighted by Crippen LogP contribution is 2.36. The van der Waals surface area contributed by atoms with E-state index in [1.807, 2.05) is 60.1 Å². The molecule has 23 heavy (non-hydrogen) atoms. The van der Waals surface area contributed by atoms with Crippen LogP contribution in [0.15, 0.2) is 53.2 Å². The maximum atomic E-state index is 12.5. The van der Waals surface area contributed by atoms with Crippen LogP contribution in [0.2, 0.25) is 0 Å². The van der Waals surface area contributed by atoms with E-state index in [2.05, 4.69) is 5.32 Å². The fraction of sp³-hybridized carbons (Fsp3) is 0.167. The minimum absolute atomic E-state index is 0.0909. The van der Waals surface area contributed by atoms with Crippen molar-refractivity contribution in [2.45, 2.75) is 13.5 Å². The van der Waals surface area contributed by atoms with Crippen LogP contribution >= 0.6 is 22.7 Å². The first-order valence-corrected chi connectivity index (χ1v) is 9.15. The van der Waals surface area contributed by atoms with Crippen LogP contribution in [0.1, 0.15) is 22.2 Å². The Morgan fingerprint density at radius 2 is 2.04 bits per heavy atom. The van der Waals surface area contributed by atoms with Crippen LogP contribution in [-0.2, 0) is 6.54 Å². The molecule has 2 aromatic heterocycles. The van der Waals surface area contributed by atoms with Crippen molar-refractivity contribution in [2.24, 2.45) is 0 Å². The fourth-order valence-corrected chi connectivity index (χ4v) is 3.89. The summed E-state index contributed by atoms with van der Waals surface area (Å²) in [5, 5.41) is 7.00. The summed E-state index contributed by atoms with van der Waals surface area (Å²) in [7, 11) is 0. The van der Waals surface area contributed by atoms with E-state index in [4.69, 9.17) is 4.74 Å². The lowest BCUT2D eigenvalue weighted by molar-refractivity contribution is 0.0951. The molecule has 3 rings (SSSR count). The van der Waals surface area contributed by atoms with Gasteiger partial charge in [-0.05, 0) is 40.9 Å². The summed E-state index contributed by atoms with van der Waals surface area (Å²) in [5.41, 5.74) is 2.21. The lowest BCUT2D eigenvalue weighted by Gasteiger charge is -2.05. The monoisotopic (exact) mass is 343 g/mol. The Hall–Kier alpha value is -2.11. The van der Waals surface area contributed by atoms with Crippen molar-refractivity contribution in [3.8, 4) is 16.2 Å². The Morgan fingerprint density at radius 3 is 2.74 bits per heavy atom. The minimum atomic E-state index is -0.0909. The molecule has 0 radical (unpaired) electrons. The number of rotatable bonds is 6. The molecule has 1 N–H and O–H groups in total. The van der Waals surface area contributed by atoms with E-state index in [9.17, 15) is 4.79 Å². The molecule has 0 saturated carbocycles. The first kappa shape index (κ1) is 15.8. The molecule has 0 aliphatic carbocycles. The summed E-state index contributed by atoms with van der Waals surface area (Å²) in [4.78, 5) is 14.2. The smallest absolute Gasteiger partial charge is 0.265 e. The number of ether oxygens (including phenoxy) is 1. The second-order valence-electron chi connectivity index (χ2n) is 4.92. The molecule has 118 valence electrons. The molecule has 1 aromatic carbocycles. The summed E-state index contributed by atoms with van der Waals surface area (Å²) in [6.07, 6.45) is 0. The van der Waals surface area contributed by atoms with Gasteiger partial charge in [-0.15, -0.1) is 11.3 Å². The van der Waals surface area contributed by atoms with Crippen LogP contribution in [0, 0.1) is 0 Å². The molecular formula is C18H17NO2S2. The topological polar surface area (TPSA) is 38.3 Å². The number of nitrogens with one attached hydrogen (secondary N) is 1. The molecule has 2 heterocycles. The van der Waals surface area contributed by atoms with Gasteiger partial charge in [-0.1, -0.05) is 30.3 Å². The summed E-state index contributed by atoms with van der Waals surface area (Å²) < 4.78 is 5.65. The minimum Gasteiger partial charge on any atom is -0.492 e. The van der Waals surface area contributed by atoms with E-state index in [1.165, 1.54) is 11.3 Å². The van der Waals surface area contributed by atoms with Gasteiger partial charge in [-0.3, -0.25) is 4.79 Å². The van der Waals surface area contributed by atoms with Crippen molar-refractivity contribution < 1.29 is 9.53 Å². The van der Waals surface area contributed by atoms with Crippen molar-refractivity contribution in [3.05, 3.63) is 63.7 Å². The number of hydrogen-bond acceptors (Lipinski definition) is 4. The third kappa shape index (κ3) is 3.81. The maximum absolute atomic E-state index is 12.5. The molecule has 0 spiro atoms. The Labute approximate surface area is 143 Å². The second-order valence-corrected chi connectivity index (χ2v) is 6.75. The molecule has 0 aliphatic rings. The molecule has 0 atom stereocenters. The molecule has 0 aliphatic heterocycles. The normalized spacial score (nSPS) is 10.5. The predicted octanol–water partition coefficient (Wildman–Crippen LogP) is 4.81. The summed E-state index contributed by atoms with van der Waals surface area (Å²) in [6.45, 7) is 3.00. The van der Waals surface area contributed by atoms with Gasteiger partial charge in [0.1, 0.15) is 10.6 Å². The van der Waals surface area contributed by atoms with Crippen LogP contribution in [0.4, 0.5) is 0 Å². The van der Waals surface area contributed by atoms with Gasteiger partial charge in [0.15, 0.2) is 0 Å². The Kier molecular flexibility index (Phi) is 5.10. The zero-order valence-electron chi connectivity index (χ0n) is 12.7. The third-order valence-corrected chi connectivity index (χ3v) is 5.19. The van der Waals surface area contributed by atoms with E-state index in [-0.39, 0.29) is 5.91 Å². The number of carbonyl (C=O) groups excluding carboxylic acids is 1. The summed E-state index contributed by atoms with van der Waals surface area (Å²) in [6, 6.07) is 14.0. The molecule has 5 heteroatoms. The predicted molar refractivity (Wildman–Crippen MR) is 96.4 cm³/mol. The zero-order chi connectivity index (χ0) is 16.1. The highest BCUT2D eigenvalue weighted by molar-refractivity contribution is 7.17. The average molecular weight is 343 g/mol. The number of carbonyl (C=O) groups is 1. The van der Waals surface area contributed by atoms with E-state index >= 15 is 0 Å². The number of amides is 1. The average Bonchev–Trinajstić information content (AvgIpc) is 3.23. The van der Waals surface area contributed by atoms with Gasteiger partial charge in [0.2, 0.25) is 0 Å². The van der Waals surface area contributed by atoms with Crippen LogP contribution in [0.25, 0.3) is 10.4 Å². The number of thiophene rings is 2. The Balaban J connectivity index is 1.82. The maximum Gasteiger partial charge on any atom is 0.265 e. The summed E-state index contributed by atoms with van der Waals surface area (Å²) >= 11 is 3.09. The fourth-order valence-electron chi connectivity index (χ4n) is 2.20. The van der Waals surface area contributed by atoms with Gasteiger partial charge in [0, 0.05) is 11.4 Å². The first-order chi connectivity index (χ1) is 11.3. The van der Waals surface area contributed by atoms with Crippen molar-refractivity contribution in [2.75, 3.05) is 6.61 Å². The second kappa shape index (κ2) is 7.44. The van der Waals surface area contributed by atoms with Gasteiger partial charge in [0.05, 0.1) is 6.61 Å². The van der Waals surface area contributed by atoms with Crippen LogP contribution in [0.5, 0.6) is 5.75 Å².